The van der Waals surface area contributed by atoms with E-state index in [0.717, 1.165) is 6.54 Å². The molecule has 0 aliphatic heterocycles. The Morgan fingerprint density at radius 2 is 1.21 bits per heavy atom. The minimum atomic E-state index is 0.526. The maximum absolute atomic E-state index is 3.54. The van der Waals surface area contributed by atoms with Gasteiger partial charge in [-0.2, -0.15) is 0 Å². The molecular weight excluding hydrogens is 290 g/mol. The first-order chi connectivity index (χ1) is 11.8. The highest BCUT2D eigenvalue weighted by Crippen LogP contribution is 2.09. The van der Waals surface area contributed by atoms with Crippen LogP contribution in [-0.4, -0.2) is 12.6 Å². The summed E-state index contributed by atoms with van der Waals surface area (Å²) in [6.45, 7) is 7.75. The molecule has 0 aromatic heterocycles. The molecular formula is C23H45N. The van der Waals surface area contributed by atoms with Gasteiger partial charge < -0.3 is 5.32 Å². The lowest BCUT2D eigenvalue weighted by atomic mass is 10.1. The molecule has 1 N–H and O–H groups in total. The third-order valence-electron chi connectivity index (χ3n) is 4.64. The second-order valence-electron chi connectivity index (χ2n) is 7.21. The van der Waals surface area contributed by atoms with Gasteiger partial charge in [0.15, 0.2) is 0 Å². The minimum absolute atomic E-state index is 0.526. The standard InChI is InChI=1S/C23H45N/c1-4-6-7-8-9-10-11-12-13-14-15-16-17-18-19-20-22-24-23(3)21-5-2/h5,12-13,21,23-24H,4,6-11,14-20,22H2,1-3H3/b13-12-,21-5?. The number of nitrogens with one attached hydrogen (secondary N) is 1. The van der Waals surface area contributed by atoms with Crippen LogP contribution < -0.4 is 5.32 Å². The summed E-state index contributed by atoms with van der Waals surface area (Å²) in [6, 6.07) is 0.526. The SMILES string of the molecule is CC=CC(C)NCCCCCCCC/C=C\CCCCCCCC. The largest absolute Gasteiger partial charge is 0.311 e. The van der Waals surface area contributed by atoms with Crippen LogP contribution in [0.2, 0.25) is 0 Å². The summed E-state index contributed by atoms with van der Waals surface area (Å²) in [5.41, 5.74) is 0. The van der Waals surface area contributed by atoms with Gasteiger partial charge in [0.25, 0.3) is 0 Å². The van der Waals surface area contributed by atoms with Crippen molar-refractivity contribution >= 4 is 0 Å². The van der Waals surface area contributed by atoms with Crippen molar-refractivity contribution in [2.24, 2.45) is 0 Å². The number of rotatable bonds is 18. The minimum Gasteiger partial charge on any atom is -0.311 e. The first kappa shape index (κ1) is 23.4. The third-order valence-corrected chi connectivity index (χ3v) is 4.64. The monoisotopic (exact) mass is 335 g/mol. The van der Waals surface area contributed by atoms with Crippen molar-refractivity contribution in [2.45, 2.75) is 117 Å². The summed E-state index contributed by atoms with van der Waals surface area (Å²) in [7, 11) is 0. The van der Waals surface area contributed by atoms with E-state index in [1.165, 1.54) is 89.9 Å². The molecule has 0 saturated carbocycles. The van der Waals surface area contributed by atoms with Crippen LogP contribution in [0.5, 0.6) is 0 Å². The maximum Gasteiger partial charge on any atom is 0.0221 e. The van der Waals surface area contributed by atoms with E-state index in [0.29, 0.717) is 6.04 Å². The molecule has 0 aromatic carbocycles. The third kappa shape index (κ3) is 19.5. The summed E-state index contributed by atoms with van der Waals surface area (Å²) < 4.78 is 0. The summed E-state index contributed by atoms with van der Waals surface area (Å²) in [5, 5.41) is 3.54. The van der Waals surface area contributed by atoms with E-state index in [-0.39, 0.29) is 0 Å². The van der Waals surface area contributed by atoms with Gasteiger partial charge in [0.1, 0.15) is 0 Å². The average molecular weight is 336 g/mol. The number of unbranched alkanes of at least 4 members (excludes halogenated alkanes) is 12. The van der Waals surface area contributed by atoms with Gasteiger partial charge in [-0.25, -0.2) is 0 Å². The number of allylic oxidation sites excluding steroid dienone is 3. The smallest absolute Gasteiger partial charge is 0.0221 e. The molecule has 0 aromatic rings. The Morgan fingerprint density at radius 1 is 0.708 bits per heavy atom. The van der Waals surface area contributed by atoms with Gasteiger partial charge in [-0.1, -0.05) is 89.0 Å². The summed E-state index contributed by atoms with van der Waals surface area (Å²) >= 11 is 0. The maximum atomic E-state index is 3.54. The molecule has 0 spiro atoms. The van der Waals surface area contributed by atoms with Crippen LogP contribution >= 0.6 is 0 Å². The lowest BCUT2D eigenvalue weighted by Gasteiger charge is -2.08. The van der Waals surface area contributed by atoms with Crippen molar-refractivity contribution in [1.82, 2.24) is 5.32 Å². The molecule has 1 heteroatoms. The quantitative estimate of drug-likeness (QED) is 0.201. The Morgan fingerprint density at radius 3 is 1.75 bits per heavy atom. The van der Waals surface area contributed by atoms with E-state index in [4.69, 9.17) is 0 Å². The summed E-state index contributed by atoms with van der Waals surface area (Å²) in [6.07, 6.45) is 28.5. The van der Waals surface area contributed by atoms with Gasteiger partial charge in [-0.05, 0) is 52.5 Å². The molecule has 0 heterocycles. The van der Waals surface area contributed by atoms with Crippen LogP contribution in [0.25, 0.3) is 0 Å². The van der Waals surface area contributed by atoms with Gasteiger partial charge in [-0.3, -0.25) is 0 Å². The molecule has 0 aliphatic rings. The molecule has 1 nitrogen and oxygen atoms in total. The molecule has 0 bridgehead atoms. The first-order valence-electron chi connectivity index (χ1n) is 10.8. The van der Waals surface area contributed by atoms with Crippen molar-refractivity contribution in [2.75, 3.05) is 6.54 Å². The zero-order chi connectivity index (χ0) is 17.7. The highest BCUT2D eigenvalue weighted by molar-refractivity contribution is 4.87. The van der Waals surface area contributed by atoms with Crippen molar-refractivity contribution < 1.29 is 0 Å². The van der Waals surface area contributed by atoms with Gasteiger partial charge in [0.05, 0.1) is 0 Å². The molecule has 0 radical (unpaired) electrons. The molecule has 142 valence electrons. The summed E-state index contributed by atoms with van der Waals surface area (Å²) in [4.78, 5) is 0. The fraction of sp³-hybridized carbons (Fsp3) is 0.826. The van der Waals surface area contributed by atoms with Gasteiger partial charge in [0, 0.05) is 6.04 Å². The molecule has 1 atom stereocenters. The van der Waals surface area contributed by atoms with Gasteiger partial charge in [-0.15, -0.1) is 0 Å². The molecule has 0 fully saturated rings. The predicted molar refractivity (Wildman–Crippen MR) is 112 cm³/mol. The number of hydrogen-bond donors (Lipinski definition) is 1. The van der Waals surface area contributed by atoms with E-state index in [9.17, 15) is 0 Å². The predicted octanol–water partition coefficient (Wildman–Crippen LogP) is 7.58. The van der Waals surface area contributed by atoms with Crippen molar-refractivity contribution in [3.8, 4) is 0 Å². The van der Waals surface area contributed by atoms with Crippen LogP contribution in [0.4, 0.5) is 0 Å². The van der Waals surface area contributed by atoms with E-state index < -0.39 is 0 Å². The van der Waals surface area contributed by atoms with E-state index in [1.54, 1.807) is 0 Å². The van der Waals surface area contributed by atoms with E-state index >= 15 is 0 Å². The fourth-order valence-corrected chi connectivity index (χ4v) is 3.06. The molecule has 0 amide bonds. The molecule has 24 heavy (non-hydrogen) atoms. The summed E-state index contributed by atoms with van der Waals surface area (Å²) in [5.74, 6) is 0. The normalized spacial score (nSPS) is 13.3. The fourth-order valence-electron chi connectivity index (χ4n) is 3.06. The second kappa shape index (κ2) is 20.5. The van der Waals surface area contributed by atoms with Crippen LogP contribution in [-0.2, 0) is 0 Å². The first-order valence-corrected chi connectivity index (χ1v) is 10.8. The zero-order valence-electron chi connectivity index (χ0n) is 17.0. The molecule has 0 saturated heterocycles. The zero-order valence-corrected chi connectivity index (χ0v) is 17.0. The van der Waals surface area contributed by atoms with Crippen molar-refractivity contribution in [3.63, 3.8) is 0 Å². The highest BCUT2D eigenvalue weighted by Gasteiger charge is 1.95. The Bertz CT molecular complexity index is 280. The molecule has 1 unspecified atom stereocenters. The molecule has 0 aliphatic carbocycles. The second-order valence-corrected chi connectivity index (χ2v) is 7.21. The van der Waals surface area contributed by atoms with Gasteiger partial charge in [0.2, 0.25) is 0 Å². The van der Waals surface area contributed by atoms with Crippen LogP contribution in [0, 0.1) is 0 Å². The van der Waals surface area contributed by atoms with Crippen LogP contribution in [0.3, 0.4) is 0 Å². The van der Waals surface area contributed by atoms with Crippen LogP contribution in [0.1, 0.15) is 111 Å². The lowest BCUT2D eigenvalue weighted by molar-refractivity contribution is 0.551. The Kier molecular flexibility index (Phi) is 20.0. The van der Waals surface area contributed by atoms with Crippen molar-refractivity contribution in [3.05, 3.63) is 24.3 Å². The Balaban J connectivity index is 3.13. The highest BCUT2D eigenvalue weighted by atomic mass is 14.9. The molecule has 0 rings (SSSR count). The van der Waals surface area contributed by atoms with Gasteiger partial charge >= 0.3 is 0 Å². The average Bonchev–Trinajstić information content (AvgIpc) is 2.58. The van der Waals surface area contributed by atoms with Crippen molar-refractivity contribution in [1.29, 1.82) is 0 Å². The number of hydrogen-bond acceptors (Lipinski definition) is 1. The van der Waals surface area contributed by atoms with Crippen LogP contribution in [0.15, 0.2) is 24.3 Å². The Hall–Kier alpha value is -0.560. The Labute approximate surface area is 153 Å². The topological polar surface area (TPSA) is 12.0 Å². The van der Waals surface area contributed by atoms with E-state index in [2.05, 4.69) is 50.4 Å². The van der Waals surface area contributed by atoms with E-state index in [1.807, 2.05) is 0 Å². The lowest BCUT2D eigenvalue weighted by Crippen LogP contribution is -2.24.